The van der Waals surface area contributed by atoms with Gasteiger partial charge in [-0.2, -0.15) is 0 Å². The first-order valence-corrected chi connectivity index (χ1v) is 5.85. The molecule has 1 atom stereocenters. The fourth-order valence-corrected chi connectivity index (χ4v) is 2.30. The summed E-state index contributed by atoms with van der Waals surface area (Å²) in [6, 6.07) is 6.85. The molecule has 0 fully saturated rings. The van der Waals surface area contributed by atoms with Gasteiger partial charge < -0.3 is 5.32 Å². The highest BCUT2D eigenvalue weighted by molar-refractivity contribution is 6.03. The number of pyridine rings is 1. The highest BCUT2D eigenvalue weighted by Crippen LogP contribution is 2.32. The first-order valence-electron chi connectivity index (χ1n) is 5.85. The summed E-state index contributed by atoms with van der Waals surface area (Å²) < 4.78 is 27.3. The van der Waals surface area contributed by atoms with Crippen molar-refractivity contribution in [2.75, 3.05) is 11.9 Å². The minimum absolute atomic E-state index is 0.305. The van der Waals surface area contributed by atoms with Crippen LogP contribution in [-0.4, -0.2) is 17.3 Å². The third-order valence-electron chi connectivity index (χ3n) is 3.21. The quantitative estimate of drug-likeness (QED) is 0.844. The maximum absolute atomic E-state index is 13.6. The number of nitrogens with one attached hydrogen (secondary N) is 1. The lowest BCUT2D eigenvalue weighted by atomic mass is 9.93. The van der Waals surface area contributed by atoms with Gasteiger partial charge in [0.1, 0.15) is 17.5 Å². The van der Waals surface area contributed by atoms with Crippen molar-refractivity contribution in [1.82, 2.24) is 4.98 Å². The van der Waals surface area contributed by atoms with Crippen LogP contribution in [0.5, 0.6) is 0 Å². The van der Waals surface area contributed by atoms with Crippen LogP contribution in [0, 0.1) is 11.6 Å². The monoisotopic (exact) mass is 260 g/mol. The SMILES string of the molecule is O=C(c1c(F)cccc1F)C1CNc2ncccc21. The van der Waals surface area contributed by atoms with Gasteiger partial charge >= 0.3 is 0 Å². The predicted molar refractivity (Wildman–Crippen MR) is 66.2 cm³/mol. The lowest BCUT2D eigenvalue weighted by Gasteiger charge is -2.10. The second-order valence-electron chi connectivity index (χ2n) is 4.34. The molecule has 0 aliphatic carbocycles. The predicted octanol–water partition coefficient (Wildman–Crippen LogP) is 2.75. The number of ketones is 1. The van der Waals surface area contributed by atoms with Crippen molar-refractivity contribution in [3.63, 3.8) is 0 Å². The molecule has 1 N–H and O–H groups in total. The molecule has 0 radical (unpaired) electrons. The van der Waals surface area contributed by atoms with Gasteiger partial charge in [0.15, 0.2) is 5.78 Å². The van der Waals surface area contributed by atoms with Crippen LogP contribution < -0.4 is 5.32 Å². The molecule has 0 saturated heterocycles. The highest BCUT2D eigenvalue weighted by Gasteiger charge is 2.32. The third kappa shape index (κ3) is 1.87. The Labute approximate surface area is 108 Å². The van der Waals surface area contributed by atoms with Crippen LogP contribution >= 0.6 is 0 Å². The van der Waals surface area contributed by atoms with E-state index in [0.29, 0.717) is 17.9 Å². The summed E-state index contributed by atoms with van der Waals surface area (Å²) >= 11 is 0. The summed E-state index contributed by atoms with van der Waals surface area (Å²) in [6.07, 6.45) is 1.60. The minimum atomic E-state index is -0.831. The van der Waals surface area contributed by atoms with Gasteiger partial charge in [0.05, 0.1) is 11.5 Å². The van der Waals surface area contributed by atoms with E-state index in [4.69, 9.17) is 0 Å². The lowest BCUT2D eigenvalue weighted by Crippen LogP contribution is -2.17. The largest absolute Gasteiger partial charge is 0.369 e. The van der Waals surface area contributed by atoms with Crippen LogP contribution in [0.15, 0.2) is 36.5 Å². The first kappa shape index (κ1) is 11.8. The molecule has 1 aliphatic rings. The summed E-state index contributed by atoms with van der Waals surface area (Å²) in [6.45, 7) is 0.305. The van der Waals surface area contributed by atoms with E-state index >= 15 is 0 Å². The molecule has 5 heteroatoms. The molecule has 2 aromatic rings. The van der Waals surface area contributed by atoms with Crippen molar-refractivity contribution >= 4 is 11.6 Å². The standard InChI is InChI=1S/C14H10F2N2O/c15-10-4-1-5-11(16)12(10)13(19)9-7-18-14-8(9)3-2-6-17-14/h1-6,9H,7H2,(H,17,18). The van der Waals surface area contributed by atoms with Crippen LogP contribution in [0.3, 0.4) is 0 Å². The maximum atomic E-state index is 13.6. The number of benzene rings is 1. The molecule has 0 bridgehead atoms. The van der Waals surface area contributed by atoms with E-state index in [1.807, 2.05) is 0 Å². The summed E-state index contributed by atoms with van der Waals surface area (Å²) in [7, 11) is 0. The number of aromatic nitrogens is 1. The average Bonchev–Trinajstić information content (AvgIpc) is 2.82. The molecule has 3 rings (SSSR count). The Hall–Kier alpha value is -2.30. The fourth-order valence-electron chi connectivity index (χ4n) is 2.30. The number of hydrogen-bond acceptors (Lipinski definition) is 3. The molecule has 1 aromatic carbocycles. The molecule has 0 amide bonds. The zero-order valence-electron chi connectivity index (χ0n) is 9.86. The van der Waals surface area contributed by atoms with E-state index in [1.54, 1.807) is 18.3 Å². The molecule has 0 spiro atoms. The van der Waals surface area contributed by atoms with Crippen molar-refractivity contribution in [2.45, 2.75) is 5.92 Å². The van der Waals surface area contributed by atoms with Gasteiger partial charge in [-0.25, -0.2) is 13.8 Å². The number of carbonyl (C=O) groups is 1. The Kier molecular flexibility index (Phi) is 2.74. The van der Waals surface area contributed by atoms with E-state index in [0.717, 1.165) is 12.1 Å². The summed E-state index contributed by atoms with van der Waals surface area (Å²) in [5.41, 5.74) is 0.196. The van der Waals surface area contributed by atoms with Crippen LogP contribution in [-0.2, 0) is 0 Å². The summed E-state index contributed by atoms with van der Waals surface area (Å²) in [4.78, 5) is 16.4. The first-order chi connectivity index (χ1) is 9.18. The molecule has 1 unspecified atom stereocenters. The molecule has 3 nitrogen and oxygen atoms in total. The average molecular weight is 260 g/mol. The van der Waals surface area contributed by atoms with Crippen molar-refractivity contribution in [2.24, 2.45) is 0 Å². The third-order valence-corrected chi connectivity index (χ3v) is 3.21. The molecule has 0 saturated carbocycles. The van der Waals surface area contributed by atoms with E-state index in [2.05, 4.69) is 10.3 Å². The Morgan fingerprint density at radius 1 is 1.21 bits per heavy atom. The van der Waals surface area contributed by atoms with Gasteiger partial charge in [0.25, 0.3) is 0 Å². The van der Waals surface area contributed by atoms with Gasteiger partial charge in [-0.15, -0.1) is 0 Å². The molecular weight excluding hydrogens is 250 g/mol. The van der Waals surface area contributed by atoms with Gasteiger partial charge in [-0.1, -0.05) is 12.1 Å². The van der Waals surface area contributed by atoms with Crippen LogP contribution in [0.4, 0.5) is 14.6 Å². The molecular formula is C14H10F2N2O. The van der Waals surface area contributed by atoms with Crippen LogP contribution in [0.25, 0.3) is 0 Å². The van der Waals surface area contributed by atoms with E-state index in [-0.39, 0.29) is 0 Å². The number of nitrogens with zero attached hydrogens (tertiary/aromatic N) is 1. The van der Waals surface area contributed by atoms with Gasteiger partial charge in [-0.05, 0) is 18.2 Å². The van der Waals surface area contributed by atoms with Gasteiger partial charge in [-0.3, -0.25) is 4.79 Å². The second-order valence-corrected chi connectivity index (χ2v) is 4.34. The van der Waals surface area contributed by atoms with Crippen molar-refractivity contribution in [1.29, 1.82) is 0 Å². The number of rotatable bonds is 2. The zero-order chi connectivity index (χ0) is 13.4. The van der Waals surface area contributed by atoms with Crippen LogP contribution in [0.1, 0.15) is 21.8 Å². The van der Waals surface area contributed by atoms with E-state index in [1.165, 1.54) is 6.07 Å². The molecule has 1 aromatic heterocycles. The van der Waals surface area contributed by atoms with E-state index < -0.39 is 28.9 Å². The Balaban J connectivity index is 2.03. The number of carbonyl (C=O) groups excluding carboxylic acids is 1. The number of anilines is 1. The van der Waals surface area contributed by atoms with Crippen molar-refractivity contribution in [3.8, 4) is 0 Å². The number of Topliss-reactive ketones (excluding diaryl/α,β-unsaturated/α-hetero) is 1. The molecule has 19 heavy (non-hydrogen) atoms. The number of hydrogen-bond donors (Lipinski definition) is 1. The number of fused-ring (bicyclic) bond motifs is 1. The normalized spacial score (nSPS) is 16.8. The molecule has 96 valence electrons. The van der Waals surface area contributed by atoms with Gasteiger partial charge in [0.2, 0.25) is 0 Å². The Morgan fingerprint density at radius 3 is 2.68 bits per heavy atom. The summed E-state index contributed by atoms with van der Waals surface area (Å²) in [5, 5.41) is 2.96. The van der Waals surface area contributed by atoms with Crippen molar-refractivity contribution < 1.29 is 13.6 Å². The van der Waals surface area contributed by atoms with E-state index in [9.17, 15) is 13.6 Å². The zero-order valence-corrected chi connectivity index (χ0v) is 9.86. The Morgan fingerprint density at radius 2 is 1.95 bits per heavy atom. The topological polar surface area (TPSA) is 42.0 Å². The minimum Gasteiger partial charge on any atom is -0.369 e. The molecule has 2 heterocycles. The number of halogens is 2. The van der Waals surface area contributed by atoms with Crippen LogP contribution in [0.2, 0.25) is 0 Å². The summed E-state index contributed by atoms with van der Waals surface area (Å²) in [5.74, 6) is -2.23. The highest BCUT2D eigenvalue weighted by atomic mass is 19.1. The smallest absolute Gasteiger partial charge is 0.178 e. The lowest BCUT2D eigenvalue weighted by molar-refractivity contribution is 0.0958. The van der Waals surface area contributed by atoms with Gasteiger partial charge in [0, 0.05) is 18.3 Å². The van der Waals surface area contributed by atoms with Crippen molar-refractivity contribution in [3.05, 3.63) is 59.3 Å². The maximum Gasteiger partial charge on any atom is 0.178 e. The Bertz CT molecular complexity index is 637. The fraction of sp³-hybridized carbons (Fsp3) is 0.143. The molecule has 1 aliphatic heterocycles. The second kappa shape index (κ2) is 4.42.